The van der Waals surface area contributed by atoms with Crippen LogP contribution < -0.4 is 5.32 Å². The molecule has 2 aromatic carbocycles. The fourth-order valence-electron chi connectivity index (χ4n) is 3.33. The number of aromatic nitrogens is 5. The summed E-state index contributed by atoms with van der Waals surface area (Å²) < 4.78 is 1.64. The molecule has 0 saturated carbocycles. The Labute approximate surface area is 170 Å². The predicted octanol–water partition coefficient (Wildman–Crippen LogP) is 4.43. The Morgan fingerprint density at radius 1 is 1.14 bits per heavy atom. The molecule has 0 atom stereocenters. The average molecular weight is 400 g/mol. The van der Waals surface area contributed by atoms with Gasteiger partial charge in [-0.3, -0.25) is 10.1 Å². The zero-order valence-electron chi connectivity index (χ0n) is 15.5. The number of rotatable bonds is 4. The molecule has 3 aromatic heterocycles. The summed E-state index contributed by atoms with van der Waals surface area (Å²) in [5.74, 6) is -0.202. The number of para-hydroxylation sites is 1. The smallest absolute Gasteiger partial charge is 0.257 e. The number of carbonyl (C=O) groups is 1. The molecule has 0 radical (unpaired) electrons. The first-order valence-electron chi connectivity index (χ1n) is 8.98. The maximum absolute atomic E-state index is 12.6. The van der Waals surface area contributed by atoms with Crippen LogP contribution in [0.15, 0.2) is 66.6 Å². The first kappa shape index (κ1) is 17.3. The van der Waals surface area contributed by atoms with Crippen LogP contribution in [-0.2, 0) is 0 Å². The number of hydrogen-bond donors (Lipinski definition) is 2. The summed E-state index contributed by atoms with van der Waals surface area (Å²) in [6, 6.07) is 15.3. The summed E-state index contributed by atoms with van der Waals surface area (Å²) >= 11 is 1.41. The Kier molecular flexibility index (Phi) is 4.18. The quantitative estimate of drug-likeness (QED) is 0.467. The van der Waals surface area contributed by atoms with Crippen LogP contribution in [0.25, 0.3) is 27.8 Å². The number of anilines is 1. The highest BCUT2D eigenvalue weighted by Crippen LogP contribution is 2.33. The van der Waals surface area contributed by atoms with Crippen molar-refractivity contribution >= 4 is 33.3 Å². The molecule has 0 saturated heterocycles. The first-order chi connectivity index (χ1) is 14.2. The van der Waals surface area contributed by atoms with Crippen molar-refractivity contribution in [2.75, 3.05) is 5.32 Å². The molecular formula is C21H16N6OS. The molecule has 8 heteroatoms. The molecule has 0 aliphatic rings. The van der Waals surface area contributed by atoms with Gasteiger partial charge < -0.3 is 4.98 Å². The fraction of sp³-hybridized carbons (Fsp3) is 0.0476. The number of nitrogens with zero attached hydrogens (tertiary/aromatic N) is 4. The maximum atomic E-state index is 12.6. The number of hydrogen-bond acceptors (Lipinski definition) is 5. The van der Waals surface area contributed by atoms with Crippen LogP contribution >= 0.6 is 11.3 Å². The Bertz CT molecular complexity index is 1300. The Morgan fingerprint density at radius 2 is 1.97 bits per heavy atom. The number of carbonyl (C=O) groups excluding carboxylic acids is 1. The number of H-pyrrole nitrogens is 1. The van der Waals surface area contributed by atoms with Gasteiger partial charge in [-0.1, -0.05) is 18.2 Å². The lowest BCUT2D eigenvalue weighted by Gasteiger charge is -2.04. The lowest BCUT2D eigenvalue weighted by atomic mass is 10.1. The highest BCUT2D eigenvalue weighted by Gasteiger charge is 2.15. The summed E-state index contributed by atoms with van der Waals surface area (Å²) in [5.41, 5.74) is 5.43. The van der Waals surface area contributed by atoms with Gasteiger partial charge in [-0.25, -0.2) is 14.6 Å². The van der Waals surface area contributed by atoms with Gasteiger partial charge in [0.25, 0.3) is 5.91 Å². The summed E-state index contributed by atoms with van der Waals surface area (Å²) in [7, 11) is 0. The average Bonchev–Trinajstić information content (AvgIpc) is 3.47. The molecule has 3 heterocycles. The second kappa shape index (κ2) is 6.99. The van der Waals surface area contributed by atoms with Gasteiger partial charge >= 0.3 is 0 Å². The molecule has 1 amide bonds. The summed E-state index contributed by atoms with van der Waals surface area (Å²) in [5, 5.41) is 10.6. The Balaban J connectivity index is 1.37. The number of aryl methyl sites for hydroxylation is 1. The van der Waals surface area contributed by atoms with E-state index in [4.69, 9.17) is 0 Å². The fourth-order valence-corrected chi connectivity index (χ4v) is 4.03. The SMILES string of the molecule is Cc1[nH]c2ccccc2c1-c1csc(NC(=O)c2ccc(-n3cncn3)cc2)n1. The zero-order chi connectivity index (χ0) is 19.8. The maximum Gasteiger partial charge on any atom is 0.257 e. The lowest BCUT2D eigenvalue weighted by Crippen LogP contribution is -2.11. The van der Waals surface area contributed by atoms with E-state index in [2.05, 4.69) is 31.4 Å². The van der Waals surface area contributed by atoms with E-state index >= 15 is 0 Å². The van der Waals surface area contributed by atoms with Crippen molar-refractivity contribution in [3.63, 3.8) is 0 Å². The summed E-state index contributed by atoms with van der Waals surface area (Å²) in [6.45, 7) is 2.03. The number of benzene rings is 2. The molecule has 2 N–H and O–H groups in total. The predicted molar refractivity (Wildman–Crippen MR) is 113 cm³/mol. The van der Waals surface area contributed by atoms with Crippen LogP contribution in [0.5, 0.6) is 0 Å². The molecule has 0 aliphatic heterocycles. The van der Waals surface area contributed by atoms with Gasteiger partial charge in [0, 0.05) is 33.1 Å². The molecule has 29 heavy (non-hydrogen) atoms. The van der Waals surface area contributed by atoms with Gasteiger partial charge in [0.1, 0.15) is 12.7 Å². The second-order valence-corrected chi connectivity index (χ2v) is 7.41. The standard InChI is InChI=1S/C21H16N6OS/c1-13-19(16-4-2-3-5-17(16)24-13)18-10-29-21(25-18)26-20(28)14-6-8-15(9-7-14)27-12-22-11-23-27/h2-12,24H,1H3,(H,25,26,28). The van der Waals surface area contributed by atoms with E-state index in [0.29, 0.717) is 10.7 Å². The van der Waals surface area contributed by atoms with Gasteiger partial charge in [0.2, 0.25) is 0 Å². The topological polar surface area (TPSA) is 88.5 Å². The van der Waals surface area contributed by atoms with Crippen molar-refractivity contribution < 1.29 is 4.79 Å². The Morgan fingerprint density at radius 3 is 2.76 bits per heavy atom. The first-order valence-corrected chi connectivity index (χ1v) is 9.86. The molecule has 5 rings (SSSR count). The van der Waals surface area contributed by atoms with E-state index in [1.165, 1.54) is 17.7 Å². The molecule has 142 valence electrons. The van der Waals surface area contributed by atoms with Gasteiger partial charge in [0.05, 0.1) is 11.4 Å². The number of fused-ring (bicyclic) bond motifs is 1. The number of aromatic amines is 1. The molecule has 7 nitrogen and oxygen atoms in total. The van der Waals surface area contributed by atoms with E-state index in [9.17, 15) is 4.79 Å². The van der Waals surface area contributed by atoms with Gasteiger partial charge in [0.15, 0.2) is 5.13 Å². The van der Waals surface area contributed by atoms with Crippen molar-refractivity contribution in [2.24, 2.45) is 0 Å². The molecular weight excluding hydrogens is 384 g/mol. The van der Waals surface area contributed by atoms with E-state index in [-0.39, 0.29) is 5.91 Å². The van der Waals surface area contributed by atoms with Crippen LogP contribution in [-0.4, -0.2) is 30.6 Å². The normalized spacial score (nSPS) is 11.1. The van der Waals surface area contributed by atoms with Crippen LogP contribution in [0, 0.1) is 6.92 Å². The zero-order valence-corrected chi connectivity index (χ0v) is 16.3. The second-order valence-electron chi connectivity index (χ2n) is 6.55. The van der Waals surface area contributed by atoms with E-state index < -0.39 is 0 Å². The molecule has 0 spiro atoms. The largest absolute Gasteiger partial charge is 0.358 e. The highest BCUT2D eigenvalue weighted by molar-refractivity contribution is 7.14. The lowest BCUT2D eigenvalue weighted by molar-refractivity contribution is 0.102. The van der Waals surface area contributed by atoms with Crippen molar-refractivity contribution in [1.29, 1.82) is 0 Å². The van der Waals surface area contributed by atoms with Crippen LogP contribution in [0.1, 0.15) is 16.1 Å². The summed E-state index contributed by atoms with van der Waals surface area (Å²) in [4.78, 5) is 24.5. The van der Waals surface area contributed by atoms with Gasteiger partial charge in [-0.15, -0.1) is 11.3 Å². The third kappa shape index (κ3) is 3.19. The van der Waals surface area contributed by atoms with E-state index in [1.54, 1.807) is 23.1 Å². The monoisotopic (exact) mass is 400 g/mol. The number of thiazole rings is 1. The van der Waals surface area contributed by atoms with Crippen molar-refractivity contribution in [3.8, 4) is 16.9 Å². The minimum atomic E-state index is -0.202. The third-order valence-corrected chi connectivity index (χ3v) is 5.44. The van der Waals surface area contributed by atoms with Crippen LogP contribution in [0.2, 0.25) is 0 Å². The molecule has 5 aromatic rings. The van der Waals surface area contributed by atoms with E-state index in [0.717, 1.165) is 33.5 Å². The van der Waals surface area contributed by atoms with Gasteiger partial charge in [-0.05, 0) is 37.3 Å². The van der Waals surface area contributed by atoms with Crippen LogP contribution in [0.3, 0.4) is 0 Å². The van der Waals surface area contributed by atoms with Crippen LogP contribution in [0.4, 0.5) is 5.13 Å². The van der Waals surface area contributed by atoms with Crippen molar-refractivity contribution in [2.45, 2.75) is 6.92 Å². The summed E-state index contributed by atoms with van der Waals surface area (Å²) in [6.07, 6.45) is 3.08. The molecule has 0 unspecified atom stereocenters. The molecule has 0 aliphatic carbocycles. The molecule has 0 bridgehead atoms. The van der Waals surface area contributed by atoms with Crippen molar-refractivity contribution in [1.82, 2.24) is 24.7 Å². The minimum absolute atomic E-state index is 0.202. The highest BCUT2D eigenvalue weighted by atomic mass is 32.1. The third-order valence-electron chi connectivity index (χ3n) is 4.69. The van der Waals surface area contributed by atoms with E-state index in [1.807, 2.05) is 42.6 Å². The number of nitrogens with one attached hydrogen (secondary N) is 2. The number of amides is 1. The van der Waals surface area contributed by atoms with Gasteiger partial charge in [-0.2, -0.15) is 5.10 Å². The Hall–Kier alpha value is -3.78. The minimum Gasteiger partial charge on any atom is -0.358 e. The van der Waals surface area contributed by atoms with Crippen molar-refractivity contribution in [3.05, 3.63) is 77.8 Å². The molecule has 0 fully saturated rings.